The first kappa shape index (κ1) is 22.3. The monoisotopic (exact) mass is 434 g/mol. The molecule has 1 fully saturated rings. The number of hydrogen-bond acceptors (Lipinski definition) is 4. The van der Waals surface area contributed by atoms with E-state index < -0.39 is 12.1 Å². The molecule has 7 nitrogen and oxygen atoms in total. The third kappa shape index (κ3) is 6.05. The summed E-state index contributed by atoms with van der Waals surface area (Å²) in [6.45, 7) is 4.11. The molecule has 1 aromatic heterocycles. The van der Waals surface area contributed by atoms with Crippen LogP contribution in [0.5, 0.6) is 0 Å². The lowest BCUT2D eigenvalue weighted by molar-refractivity contribution is -0.192. The molecule has 10 heteroatoms. The highest BCUT2D eigenvalue weighted by atomic mass is 19.4. The third-order valence-electron chi connectivity index (χ3n) is 4.71. The summed E-state index contributed by atoms with van der Waals surface area (Å²) in [5.74, 6) is -1.25. The van der Waals surface area contributed by atoms with Crippen molar-refractivity contribution in [2.45, 2.75) is 19.5 Å². The number of imidazole rings is 1. The summed E-state index contributed by atoms with van der Waals surface area (Å²) in [6, 6.07) is 13.6. The topological polar surface area (TPSA) is 107 Å². The molecule has 3 aromatic rings. The number of aryl methyl sites for hydroxylation is 1. The molecule has 0 radical (unpaired) electrons. The number of carboxylic acids is 1. The first-order valence-corrected chi connectivity index (χ1v) is 9.49. The Balaban J connectivity index is 0.000000339. The molecule has 1 aliphatic rings. The number of rotatable bonds is 4. The summed E-state index contributed by atoms with van der Waals surface area (Å²) in [5, 5.41) is 13.4. The number of H-pyrrole nitrogens is 1. The Kier molecular flexibility index (Phi) is 6.59. The Morgan fingerprint density at radius 2 is 1.81 bits per heavy atom. The highest BCUT2D eigenvalue weighted by molar-refractivity contribution is 6.05. The first-order valence-electron chi connectivity index (χ1n) is 9.49. The molecule has 0 saturated carbocycles. The zero-order chi connectivity index (χ0) is 22.6. The first-order chi connectivity index (χ1) is 14.6. The molecule has 0 bridgehead atoms. The second-order valence-electron chi connectivity index (χ2n) is 7.24. The zero-order valence-corrected chi connectivity index (χ0v) is 16.6. The number of nitrogens with one attached hydrogen (secondary N) is 3. The molecule has 31 heavy (non-hydrogen) atoms. The predicted molar refractivity (Wildman–Crippen MR) is 109 cm³/mol. The van der Waals surface area contributed by atoms with Crippen molar-refractivity contribution in [1.29, 1.82) is 0 Å². The Morgan fingerprint density at radius 3 is 2.35 bits per heavy atom. The number of aliphatic carboxylic acids is 1. The zero-order valence-electron chi connectivity index (χ0n) is 16.6. The number of hydrogen-bond donors (Lipinski definition) is 4. The van der Waals surface area contributed by atoms with Crippen LogP contribution in [-0.4, -0.2) is 46.2 Å². The molecule has 0 unspecified atom stereocenters. The van der Waals surface area contributed by atoms with E-state index in [0.717, 1.165) is 48.0 Å². The normalized spacial score (nSPS) is 13.8. The standard InChI is InChI=1S/C19H20N4O.C2HF3O2/c1-12-21-17-7-6-16(9-18(17)22-12)23-19(24)15-4-2-13(3-5-15)8-14-10-20-11-14;3-2(4,5)1(6)7/h2-7,9,14,20H,8,10-11H2,1H3,(H,21,22)(H,23,24);(H,6,7). The Bertz CT molecular complexity index is 1070. The highest BCUT2D eigenvalue weighted by Crippen LogP contribution is 2.19. The lowest BCUT2D eigenvalue weighted by atomic mass is 9.94. The molecule has 0 atom stereocenters. The van der Waals surface area contributed by atoms with Crippen LogP contribution in [0, 0.1) is 12.8 Å². The van der Waals surface area contributed by atoms with Crippen LogP contribution in [0.15, 0.2) is 42.5 Å². The van der Waals surface area contributed by atoms with E-state index in [-0.39, 0.29) is 5.91 Å². The average Bonchev–Trinajstić information content (AvgIpc) is 3.04. The Hall–Kier alpha value is -3.40. The van der Waals surface area contributed by atoms with Gasteiger partial charge in [0.1, 0.15) is 5.82 Å². The fourth-order valence-corrected chi connectivity index (χ4v) is 3.04. The van der Waals surface area contributed by atoms with Crippen LogP contribution in [0.3, 0.4) is 0 Å². The van der Waals surface area contributed by atoms with Gasteiger partial charge in [-0.25, -0.2) is 9.78 Å². The minimum absolute atomic E-state index is 0.0950. The number of benzene rings is 2. The number of aromatic nitrogens is 2. The van der Waals surface area contributed by atoms with Gasteiger partial charge in [-0.1, -0.05) is 12.1 Å². The van der Waals surface area contributed by atoms with Gasteiger partial charge in [0, 0.05) is 11.3 Å². The van der Waals surface area contributed by atoms with E-state index in [0.29, 0.717) is 5.56 Å². The van der Waals surface area contributed by atoms with E-state index in [4.69, 9.17) is 9.90 Å². The molecule has 1 amide bonds. The lowest BCUT2D eigenvalue weighted by Crippen LogP contribution is -2.43. The van der Waals surface area contributed by atoms with E-state index in [9.17, 15) is 18.0 Å². The molecule has 0 aliphatic carbocycles. The maximum absolute atomic E-state index is 12.4. The molecule has 2 aromatic carbocycles. The summed E-state index contributed by atoms with van der Waals surface area (Å²) in [6.07, 6.45) is -4.01. The summed E-state index contributed by atoms with van der Waals surface area (Å²) >= 11 is 0. The van der Waals surface area contributed by atoms with Crippen molar-refractivity contribution >= 4 is 28.6 Å². The number of anilines is 1. The van der Waals surface area contributed by atoms with Crippen LogP contribution in [-0.2, 0) is 11.2 Å². The van der Waals surface area contributed by atoms with Gasteiger partial charge >= 0.3 is 12.1 Å². The number of fused-ring (bicyclic) bond motifs is 1. The van der Waals surface area contributed by atoms with Crippen molar-refractivity contribution in [2.75, 3.05) is 18.4 Å². The molecular formula is C21H21F3N4O3. The van der Waals surface area contributed by atoms with E-state index in [1.807, 2.05) is 37.3 Å². The van der Waals surface area contributed by atoms with E-state index in [1.165, 1.54) is 5.56 Å². The van der Waals surface area contributed by atoms with Gasteiger partial charge in [-0.2, -0.15) is 13.2 Å². The number of halogens is 3. The largest absolute Gasteiger partial charge is 0.490 e. The van der Waals surface area contributed by atoms with Crippen molar-refractivity contribution in [2.24, 2.45) is 5.92 Å². The van der Waals surface area contributed by atoms with Crippen LogP contribution in [0.2, 0.25) is 0 Å². The van der Waals surface area contributed by atoms with Crippen LogP contribution in [0.1, 0.15) is 21.7 Å². The number of amides is 1. The van der Waals surface area contributed by atoms with Gasteiger partial charge in [0.05, 0.1) is 11.0 Å². The third-order valence-corrected chi connectivity index (χ3v) is 4.71. The molecule has 4 rings (SSSR count). The van der Waals surface area contributed by atoms with Crippen LogP contribution >= 0.6 is 0 Å². The Labute approximate surface area is 175 Å². The van der Waals surface area contributed by atoms with Gasteiger partial charge in [-0.3, -0.25) is 4.79 Å². The van der Waals surface area contributed by atoms with Crippen molar-refractivity contribution in [3.05, 3.63) is 59.4 Å². The van der Waals surface area contributed by atoms with Crippen molar-refractivity contribution in [3.8, 4) is 0 Å². The van der Waals surface area contributed by atoms with Gasteiger partial charge in [-0.05, 0) is 68.2 Å². The van der Waals surface area contributed by atoms with Gasteiger partial charge in [0.2, 0.25) is 0 Å². The summed E-state index contributed by atoms with van der Waals surface area (Å²) in [5.41, 5.74) is 4.55. The average molecular weight is 434 g/mol. The fourth-order valence-electron chi connectivity index (χ4n) is 3.04. The van der Waals surface area contributed by atoms with Gasteiger partial charge < -0.3 is 20.7 Å². The van der Waals surface area contributed by atoms with E-state index in [1.54, 1.807) is 0 Å². The van der Waals surface area contributed by atoms with Crippen LogP contribution in [0.25, 0.3) is 11.0 Å². The molecular weight excluding hydrogens is 413 g/mol. The number of carboxylic acid groups (broad SMARTS) is 1. The molecule has 1 aliphatic heterocycles. The SMILES string of the molecule is Cc1nc2ccc(NC(=O)c3ccc(CC4CNC4)cc3)cc2[nH]1.O=C(O)C(F)(F)F. The smallest absolute Gasteiger partial charge is 0.475 e. The Morgan fingerprint density at radius 1 is 1.16 bits per heavy atom. The van der Waals surface area contributed by atoms with Gasteiger partial charge in [-0.15, -0.1) is 0 Å². The minimum atomic E-state index is -5.08. The van der Waals surface area contributed by atoms with Crippen LogP contribution < -0.4 is 10.6 Å². The number of carbonyl (C=O) groups is 2. The van der Waals surface area contributed by atoms with Crippen molar-refractivity contribution in [1.82, 2.24) is 15.3 Å². The summed E-state index contributed by atoms with van der Waals surface area (Å²) < 4.78 is 31.7. The number of alkyl halides is 3. The maximum Gasteiger partial charge on any atom is 0.490 e. The van der Waals surface area contributed by atoms with Crippen molar-refractivity contribution < 1.29 is 27.9 Å². The maximum atomic E-state index is 12.4. The molecule has 4 N–H and O–H groups in total. The number of nitrogens with zero attached hydrogens (tertiary/aromatic N) is 1. The van der Waals surface area contributed by atoms with E-state index in [2.05, 4.69) is 32.7 Å². The molecule has 1 saturated heterocycles. The number of aromatic amines is 1. The second kappa shape index (κ2) is 9.17. The lowest BCUT2D eigenvalue weighted by Gasteiger charge is -2.27. The fraction of sp³-hybridized carbons (Fsp3) is 0.286. The molecule has 0 spiro atoms. The predicted octanol–water partition coefficient (Wildman–Crippen LogP) is 3.52. The summed E-state index contributed by atoms with van der Waals surface area (Å²) in [4.78, 5) is 28.8. The second-order valence-corrected chi connectivity index (χ2v) is 7.24. The van der Waals surface area contributed by atoms with Gasteiger partial charge in [0.15, 0.2) is 0 Å². The molecule has 164 valence electrons. The van der Waals surface area contributed by atoms with E-state index >= 15 is 0 Å². The number of carbonyl (C=O) groups excluding carboxylic acids is 1. The minimum Gasteiger partial charge on any atom is -0.475 e. The quantitative estimate of drug-likeness (QED) is 0.503. The highest BCUT2D eigenvalue weighted by Gasteiger charge is 2.38. The van der Waals surface area contributed by atoms with Gasteiger partial charge in [0.25, 0.3) is 5.91 Å². The van der Waals surface area contributed by atoms with Crippen LogP contribution in [0.4, 0.5) is 18.9 Å². The summed E-state index contributed by atoms with van der Waals surface area (Å²) in [7, 11) is 0. The van der Waals surface area contributed by atoms with Crippen molar-refractivity contribution in [3.63, 3.8) is 0 Å². The molecule has 2 heterocycles.